The number of rotatable bonds is 10. The fraction of sp³-hybridized carbons (Fsp3) is 0.833. The molecule has 7 heteroatoms. The van der Waals surface area contributed by atoms with Gasteiger partial charge in [0.1, 0.15) is 0 Å². The number of methoxy groups -OCH3 is 1. The molecule has 2 amide bonds. The Balaban J connectivity index is 3.60. The minimum Gasteiger partial charge on any atom is -0.481 e. The third kappa shape index (κ3) is 11.5. The van der Waals surface area contributed by atoms with Crippen molar-refractivity contribution < 1.29 is 19.4 Å². The molecule has 0 bridgehead atoms. The van der Waals surface area contributed by atoms with Crippen molar-refractivity contribution in [1.82, 2.24) is 15.5 Å². The Morgan fingerprint density at radius 1 is 1.37 bits per heavy atom. The Hall–Kier alpha value is -1.34. The monoisotopic (exact) mass is 275 g/mol. The Labute approximate surface area is 114 Å². The van der Waals surface area contributed by atoms with Crippen molar-refractivity contribution >= 4 is 12.0 Å². The van der Waals surface area contributed by atoms with Crippen LogP contribution in [0.3, 0.4) is 0 Å². The number of hydrogen-bond acceptors (Lipinski definition) is 4. The first kappa shape index (κ1) is 17.7. The van der Waals surface area contributed by atoms with Crippen LogP contribution < -0.4 is 10.6 Å². The van der Waals surface area contributed by atoms with Crippen LogP contribution in [0.1, 0.15) is 19.8 Å². The minimum atomic E-state index is -0.853. The van der Waals surface area contributed by atoms with Gasteiger partial charge in [-0.1, -0.05) is 0 Å². The summed E-state index contributed by atoms with van der Waals surface area (Å²) in [5.74, 6) is -0.853. The van der Waals surface area contributed by atoms with Crippen LogP contribution in [0.15, 0.2) is 0 Å². The Morgan fingerprint density at radius 2 is 2.05 bits per heavy atom. The summed E-state index contributed by atoms with van der Waals surface area (Å²) in [6.45, 7) is 4.54. The van der Waals surface area contributed by atoms with Gasteiger partial charge in [0, 0.05) is 39.2 Å². The normalized spacial score (nSPS) is 12.2. The van der Waals surface area contributed by atoms with Crippen LogP contribution in [0, 0.1) is 0 Å². The fourth-order valence-electron chi connectivity index (χ4n) is 1.41. The molecular formula is C12H25N3O4. The topological polar surface area (TPSA) is 90.9 Å². The number of nitrogens with one attached hydrogen (secondary N) is 2. The first-order valence-corrected chi connectivity index (χ1v) is 6.39. The highest BCUT2D eigenvalue weighted by molar-refractivity contribution is 5.74. The predicted molar refractivity (Wildman–Crippen MR) is 72.2 cm³/mol. The van der Waals surface area contributed by atoms with Crippen LogP contribution in [0.5, 0.6) is 0 Å². The molecule has 0 spiro atoms. The summed E-state index contributed by atoms with van der Waals surface area (Å²) in [6, 6.07) is -0.416. The third-order valence-corrected chi connectivity index (χ3v) is 2.62. The second-order valence-electron chi connectivity index (χ2n) is 4.53. The van der Waals surface area contributed by atoms with Crippen molar-refractivity contribution in [3.05, 3.63) is 0 Å². The van der Waals surface area contributed by atoms with Gasteiger partial charge in [0.25, 0.3) is 0 Å². The first-order chi connectivity index (χ1) is 8.95. The molecule has 0 aliphatic carbocycles. The van der Waals surface area contributed by atoms with Crippen LogP contribution in [0.2, 0.25) is 0 Å². The van der Waals surface area contributed by atoms with Crippen molar-refractivity contribution in [1.29, 1.82) is 0 Å². The van der Waals surface area contributed by atoms with Crippen LogP contribution in [-0.2, 0) is 9.53 Å². The van der Waals surface area contributed by atoms with Crippen LogP contribution >= 0.6 is 0 Å². The Kier molecular flexibility index (Phi) is 9.82. The number of nitrogens with zero attached hydrogens (tertiary/aromatic N) is 1. The van der Waals surface area contributed by atoms with E-state index in [9.17, 15) is 9.59 Å². The van der Waals surface area contributed by atoms with Crippen LogP contribution in [-0.4, -0.2) is 68.4 Å². The highest BCUT2D eigenvalue weighted by atomic mass is 16.5. The van der Waals surface area contributed by atoms with E-state index in [0.29, 0.717) is 19.6 Å². The van der Waals surface area contributed by atoms with Gasteiger partial charge in [-0.25, -0.2) is 4.79 Å². The quantitative estimate of drug-likeness (QED) is 0.527. The molecule has 0 aliphatic heterocycles. The Bertz CT molecular complexity index is 274. The summed E-state index contributed by atoms with van der Waals surface area (Å²) in [4.78, 5) is 23.9. The molecule has 1 unspecified atom stereocenters. The molecule has 1 atom stereocenters. The zero-order valence-corrected chi connectivity index (χ0v) is 11.9. The van der Waals surface area contributed by atoms with E-state index in [0.717, 1.165) is 13.1 Å². The van der Waals surface area contributed by atoms with Gasteiger partial charge in [0.15, 0.2) is 0 Å². The number of ether oxygens (including phenoxy) is 1. The highest BCUT2D eigenvalue weighted by Crippen LogP contribution is 1.95. The summed E-state index contributed by atoms with van der Waals surface area (Å²) in [6.07, 6.45) is 0.484. The average molecular weight is 275 g/mol. The number of carbonyl (C=O) groups excluding carboxylic acids is 1. The largest absolute Gasteiger partial charge is 0.481 e. The summed E-state index contributed by atoms with van der Waals surface area (Å²) < 4.78 is 4.95. The fourth-order valence-corrected chi connectivity index (χ4v) is 1.41. The molecule has 0 aromatic rings. The molecule has 0 rings (SSSR count). The van der Waals surface area contributed by atoms with Crippen molar-refractivity contribution in [2.75, 3.05) is 40.4 Å². The number of likely N-dealkylation sites (N-methyl/N-ethyl adjacent to an activating group) is 1. The van der Waals surface area contributed by atoms with E-state index in [1.54, 1.807) is 14.0 Å². The lowest BCUT2D eigenvalue weighted by Gasteiger charge is -2.17. The van der Waals surface area contributed by atoms with E-state index >= 15 is 0 Å². The highest BCUT2D eigenvalue weighted by Gasteiger charge is 2.08. The van der Waals surface area contributed by atoms with E-state index in [1.165, 1.54) is 0 Å². The lowest BCUT2D eigenvalue weighted by molar-refractivity contribution is -0.137. The van der Waals surface area contributed by atoms with Gasteiger partial charge in [-0.2, -0.15) is 0 Å². The van der Waals surface area contributed by atoms with E-state index < -0.39 is 5.97 Å². The molecule has 0 radical (unpaired) electrons. The van der Waals surface area contributed by atoms with E-state index in [1.807, 2.05) is 7.05 Å². The number of aliphatic carboxylic acids is 1. The van der Waals surface area contributed by atoms with Gasteiger partial charge in [-0.05, 0) is 20.4 Å². The molecule has 0 saturated carbocycles. The average Bonchev–Trinajstić information content (AvgIpc) is 2.33. The van der Waals surface area contributed by atoms with Crippen molar-refractivity contribution in [2.45, 2.75) is 25.8 Å². The van der Waals surface area contributed by atoms with Gasteiger partial charge >= 0.3 is 12.0 Å². The number of carboxylic acid groups (broad SMARTS) is 1. The van der Waals surface area contributed by atoms with E-state index in [4.69, 9.17) is 9.84 Å². The molecule has 7 nitrogen and oxygen atoms in total. The van der Waals surface area contributed by atoms with Crippen molar-refractivity contribution in [3.8, 4) is 0 Å². The molecule has 0 fully saturated rings. The van der Waals surface area contributed by atoms with Crippen molar-refractivity contribution in [3.63, 3.8) is 0 Å². The number of carboxylic acids is 1. The van der Waals surface area contributed by atoms with Gasteiger partial charge in [-0.3, -0.25) is 4.79 Å². The maximum Gasteiger partial charge on any atom is 0.315 e. The maximum absolute atomic E-state index is 11.5. The van der Waals surface area contributed by atoms with Gasteiger partial charge in [-0.15, -0.1) is 0 Å². The molecule has 3 N–H and O–H groups in total. The third-order valence-electron chi connectivity index (χ3n) is 2.62. The van der Waals surface area contributed by atoms with Crippen LogP contribution in [0.25, 0.3) is 0 Å². The smallest absolute Gasteiger partial charge is 0.315 e. The van der Waals surface area contributed by atoms with E-state index in [-0.39, 0.29) is 18.5 Å². The SMILES string of the molecule is COCCN(C)CCNC(=O)NC(C)CCC(=O)O. The molecule has 0 aromatic carbocycles. The van der Waals surface area contributed by atoms with E-state index in [2.05, 4.69) is 15.5 Å². The maximum atomic E-state index is 11.5. The Morgan fingerprint density at radius 3 is 2.63 bits per heavy atom. The van der Waals surface area contributed by atoms with Gasteiger partial charge in [0.05, 0.1) is 6.61 Å². The standard InChI is InChI=1S/C12H25N3O4/c1-10(4-5-11(16)17)14-12(18)13-6-7-15(2)8-9-19-3/h10H,4-9H2,1-3H3,(H,16,17)(H2,13,14,18). The minimum absolute atomic E-state index is 0.0567. The molecule has 0 heterocycles. The lowest BCUT2D eigenvalue weighted by Crippen LogP contribution is -2.43. The molecule has 112 valence electrons. The second kappa shape index (κ2) is 10.6. The zero-order valence-electron chi connectivity index (χ0n) is 11.9. The number of urea groups is 1. The van der Waals surface area contributed by atoms with Crippen molar-refractivity contribution in [2.24, 2.45) is 0 Å². The lowest BCUT2D eigenvalue weighted by atomic mass is 10.2. The number of carbonyl (C=O) groups is 2. The molecular weight excluding hydrogens is 250 g/mol. The molecule has 0 saturated heterocycles. The van der Waals surface area contributed by atoms with Crippen LogP contribution in [0.4, 0.5) is 4.79 Å². The molecule has 0 aromatic heterocycles. The summed E-state index contributed by atoms with van der Waals surface area (Å²) in [5.41, 5.74) is 0. The number of amides is 2. The summed E-state index contributed by atoms with van der Waals surface area (Å²) >= 11 is 0. The first-order valence-electron chi connectivity index (χ1n) is 6.39. The summed E-state index contributed by atoms with van der Waals surface area (Å²) in [5, 5.41) is 13.9. The van der Waals surface area contributed by atoms with Gasteiger partial charge in [0.2, 0.25) is 0 Å². The molecule has 19 heavy (non-hydrogen) atoms. The zero-order chi connectivity index (χ0) is 14.7. The second-order valence-corrected chi connectivity index (χ2v) is 4.53. The summed E-state index contributed by atoms with van der Waals surface area (Å²) in [7, 11) is 3.60. The number of hydrogen-bond donors (Lipinski definition) is 3. The van der Waals surface area contributed by atoms with Gasteiger partial charge < -0.3 is 25.4 Å². The molecule has 0 aliphatic rings. The predicted octanol–water partition coefficient (Wildman–Crippen LogP) is 0.117.